The first kappa shape index (κ1) is 26.8. The summed E-state index contributed by atoms with van der Waals surface area (Å²) in [4.78, 5) is 21.3. The van der Waals surface area contributed by atoms with Crippen molar-refractivity contribution in [2.45, 2.75) is 54.1 Å². The van der Waals surface area contributed by atoms with Crippen LogP contribution in [0.5, 0.6) is 0 Å². The van der Waals surface area contributed by atoms with Gasteiger partial charge < -0.3 is 14.2 Å². The van der Waals surface area contributed by atoms with Crippen LogP contribution < -0.4 is 0 Å². The SMILES string of the molecule is CC1CCC(C(C)C)C(OC(=O)Cl)C1.O=C(OC(Cl)(Cl)Cl)OC(Cl)(Cl)Cl. The molecule has 0 radical (unpaired) electrons. The predicted molar refractivity (Wildman–Crippen MR) is 106 cm³/mol. The Labute approximate surface area is 187 Å². The molecule has 0 bridgehead atoms. The Bertz CT molecular complexity index is 444. The van der Waals surface area contributed by atoms with Crippen LogP contribution in [0, 0.1) is 17.8 Å². The van der Waals surface area contributed by atoms with E-state index in [0.717, 1.165) is 12.8 Å². The van der Waals surface area contributed by atoms with Gasteiger partial charge in [-0.15, -0.1) is 0 Å². The van der Waals surface area contributed by atoms with Crippen molar-refractivity contribution >= 4 is 92.8 Å². The molecule has 0 aliphatic heterocycles. The van der Waals surface area contributed by atoms with E-state index in [1.807, 2.05) is 0 Å². The molecule has 1 rings (SSSR count). The number of hydrogen-bond acceptors (Lipinski definition) is 5. The van der Waals surface area contributed by atoms with Crippen LogP contribution in [0.15, 0.2) is 0 Å². The van der Waals surface area contributed by atoms with E-state index < -0.39 is 19.5 Å². The monoisotopic (exact) mass is 512 g/mol. The van der Waals surface area contributed by atoms with E-state index in [4.69, 9.17) is 85.9 Å². The molecule has 154 valence electrons. The fraction of sp³-hybridized carbons (Fsp3) is 0.857. The van der Waals surface area contributed by atoms with Gasteiger partial charge in [-0.3, -0.25) is 0 Å². The highest BCUT2D eigenvalue weighted by molar-refractivity contribution is 6.67. The molecule has 0 aromatic heterocycles. The first-order chi connectivity index (χ1) is 11.6. The van der Waals surface area contributed by atoms with E-state index in [0.29, 0.717) is 17.8 Å². The zero-order valence-corrected chi connectivity index (χ0v) is 19.4. The Morgan fingerprint density at radius 3 is 1.77 bits per heavy atom. The lowest BCUT2D eigenvalue weighted by Crippen LogP contribution is -2.34. The number of rotatable bonds is 2. The smallest absolute Gasteiger partial charge is 0.450 e. The van der Waals surface area contributed by atoms with E-state index in [1.54, 1.807) is 0 Å². The molecule has 12 heteroatoms. The normalized spacial score (nSPS) is 23.6. The van der Waals surface area contributed by atoms with E-state index >= 15 is 0 Å². The zero-order valence-electron chi connectivity index (χ0n) is 14.1. The summed E-state index contributed by atoms with van der Waals surface area (Å²) in [6.45, 7) is 6.55. The summed E-state index contributed by atoms with van der Waals surface area (Å²) in [7, 11) is 0. The third kappa shape index (κ3) is 13.9. The molecule has 0 amide bonds. The molecule has 0 saturated heterocycles. The molecule has 0 aromatic rings. The first-order valence-electron chi connectivity index (χ1n) is 7.52. The molecule has 1 fully saturated rings. The molecule has 3 atom stereocenters. The minimum absolute atomic E-state index is 0.0312. The maximum absolute atomic E-state index is 10.7. The number of alkyl halides is 6. The van der Waals surface area contributed by atoms with Crippen LogP contribution in [0.25, 0.3) is 0 Å². The number of carbonyl (C=O) groups is 2. The lowest BCUT2D eigenvalue weighted by molar-refractivity contribution is 0.0178. The summed E-state index contributed by atoms with van der Waals surface area (Å²) in [5.41, 5.74) is -0.658. The Morgan fingerprint density at radius 2 is 1.42 bits per heavy atom. The van der Waals surface area contributed by atoms with E-state index in [2.05, 4.69) is 30.2 Å². The average Bonchev–Trinajstić information content (AvgIpc) is 2.33. The molecule has 0 spiro atoms. The molecule has 1 aliphatic carbocycles. The number of halogens is 7. The van der Waals surface area contributed by atoms with Gasteiger partial charge in [-0.2, -0.15) is 0 Å². The maximum Gasteiger partial charge on any atom is 0.515 e. The zero-order chi connectivity index (χ0) is 20.7. The summed E-state index contributed by atoms with van der Waals surface area (Å²) >= 11 is 35.5. The van der Waals surface area contributed by atoms with Gasteiger partial charge in [-0.25, -0.2) is 9.59 Å². The molecule has 3 unspecified atom stereocenters. The second-order valence-corrected chi connectivity index (χ2v) is 10.7. The van der Waals surface area contributed by atoms with Gasteiger partial charge in [0.15, 0.2) is 0 Å². The standard InChI is InChI=1S/C11H19ClO2.C3Cl6O3/c1-7(2)9-5-4-8(3)6-10(9)14-11(12)13;4-2(5,6)11-1(10)12-3(7,8)9/h7-10H,4-6H2,1-3H3;. The van der Waals surface area contributed by atoms with E-state index in [1.165, 1.54) is 6.42 Å². The lowest BCUT2D eigenvalue weighted by Gasteiger charge is -2.36. The van der Waals surface area contributed by atoms with Gasteiger partial charge in [0.05, 0.1) is 0 Å². The average molecular weight is 515 g/mol. The Balaban J connectivity index is 0.000000488. The van der Waals surface area contributed by atoms with Gasteiger partial charge in [0.25, 0.3) is 0 Å². The first-order valence-corrected chi connectivity index (χ1v) is 10.2. The van der Waals surface area contributed by atoms with Gasteiger partial charge in [0.1, 0.15) is 6.10 Å². The predicted octanol–water partition coefficient (Wildman–Crippen LogP) is 7.62. The second kappa shape index (κ2) is 11.7. The number of ether oxygens (including phenoxy) is 3. The fourth-order valence-corrected chi connectivity index (χ4v) is 3.07. The molecule has 0 N–H and O–H groups in total. The largest absolute Gasteiger partial charge is 0.515 e. The van der Waals surface area contributed by atoms with Crippen molar-refractivity contribution in [2.24, 2.45) is 17.8 Å². The second-order valence-electron chi connectivity index (χ2n) is 6.07. The summed E-state index contributed by atoms with van der Waals surface area (Å²) in [6.07, 6.45) is 1.97. The quantitative estimate of drug-likeness (QED) is 0.215. The van der Waals surface area contributed by atoms with Crippen LogP contribution in [-0.2, 0) is 14.2 Å². The topological polar surface area (TPSA) is 61.8 Å². The Morgan fingerprint density at radius 1 is 0.962 bits per heavy atom. The molecule has 1 aliphatic rings. The van der Waals surface area contributed by atoms with Crippen molar-refractivity contribution in [2.75, 3.05) is 0 Å². The summed E-state index contributed by atoms with van der Waals surface area (Å²) < 4.78 is 8.67. The van der Waals surface area contributed by atoms with E-state index in [-0.39, 0.29) is 6.10 Å². The van der Waals surface area contributed by atoms with Gasteiger partial charge in [0.2, 0.25) is 0 Å². The number of carbonyl (C=O) groups excluding carboxylic acids is 2. The van der Waals surface area contributed by atoms with Crippen LogP contribution in [0.4, 0.5) is 9.59 Å². The molecule has 0 heterocycles. The van der Waals surface area contributed by atoms with E-state index in [9.17, 15) is 9.59 Å². The van der Waals surface area contributed by atoms with Crippen LogP contribution in [-0.4, -0.2) is 25.6 Å². The maximum atomic E-state index is 10.7. The van der Waals surface area contributed by atoms with Crippen LogP contribution in [0.3, 0.4) is 0 Å². The third-order valence-corrected chi connectivity index (χ3v) is 4.16. The minimum Gasteiger partial charge on any atom is -0.450 e. The lowest BCUT2D eigenvalue weighted by atomic mass is 9.75. The van der Waals surface area contributed by atoms with Gasteiger partial charge >= 0.3 is 19.5 Å². The van der Waals surface area contributed by atoms with Crippen LogP contribution in [0.1, 0.15) is 40.0 Å². The van der Waals surface area contributed by atoms with Crippen molar-refractivity contribution in [1.29, 1.82) is 0 Å². The molecular formula is C14H19Cl7O5. The molecule has 26 heavy (non-hydrogen) atoms. The minimum atomic E-state index is -2.24. The molecule has 5 nitrogen and oxygen atoms in total. The molecule has 0 aromatic carbocycles. The molecule has 1 saturated carbocycles. The highest BCUT2D eigenvalue weighted by Crippen LogP contribution is 2.35. The van der Waals surface area contributed by atoms with Gasteiger partial charge in [-0.05, 0) is 100 Å². The highest BCUT2D eigenvalue weighted by atomic mass is 35.6. The highest BCUT2D eigenvalue weighted by Gasteiger charge is 2.33. The Kier molecular flexibility index (Phi) is 12.0. The van der Waals surface area contributed by atoms with Crippen molar-refractivity contribution in [1.82, 2.24) is 0 Å². The van der Waals surface area contributed by atoms with Crippen molar-refractivity contribution in [3.8, 4) is 0 Å². The molecular weight excluding hydrogens is 496 g/mol. The fourth-order valence-electron chi connectivity index (χ4n) is 2.58. The number of hydrogen-bond donors (Lipinski definition) is 0. The summed E-state index contributed by atoms with van der Waals surface area (Å²) in [5, 5.41) is 0. The van der Waals surface area contributed by atoms with Gasteiger partial charge in [-0.1, -0.05) is 27.2 Å². The van der Waals surface area contributed by atoms with Crippen LogP contribution in [0.2, 0.25) is 0 Å². The van der Waals surface area contributed by atoms with Crippen LogP contribution >= 0.6 is 81.2 Å². The van der Waals surface area contributed by atoms with Crippen molar-refractivity contribution in [3.63, 3.8) is 0 Å². The van der Waals surface area contributed by atoms with Crippen molar-refractivity contribution < 1.29 is 23.8 Å². The third-order valence-electron chi connectivity index (χ3n) is 3.60. The summed E-state index contributed by atoms with van der Waals surface area (Å²) in [6, 6.07) is 0. The van der Waals surface area contributed by atoms with Gasteiger partial charge in [0, 0.05) is 11.6 Å². The van der Waals surface area contributed by atoms with Crippen molar-refractivity contribution in [3.05, 3.63) is 0 Å². The Hall–Kier alpha value is 0.770. The summed E-state index contributed by atoms with van der Waals surface area (Å²) in [5.74, 6) is 1.68.